The second kappa shape index (κ2) is 4.23. The van der Waals surface area contributed by atoms with Gasteiger partial charge < -0.3 is 0 Å². The zero-order valence-corrected chi connectivity index (χ0v) is 8.15. The number of Topliss-reactive ketones (excluding diaryl/α,β-unsaturated/α-hetero) is 1. The van der Waals surface area contributed by atoms with E-state index in [4.69, 9.17) is 0 Å². The van der Waals surface area contributed by atoms with Crippen LogP contribution in [0.4, 0.5) is 0 Å². The van der Waals surface area contributed by atoms with Crippen molar-refractivity contribution in [1.82, 2.24) is 0 Å². The van der Waals surface area contributed by atoms with Gasteiger partial charge in [0, 0.05) is 12.8 Å². The molecule has 1 nitrogen and oxygen atoms in total. The maximum Gasteiger partial charge on any atom is 0.133 e. The summed E-state index contributed by atoms with van der Waals surface area (Å²) < 4.78 is 0. The van der Waals surface area contributed by atoms with Gasteiger partial charge in [-0.25, -0.2) is 0 Å². The van der Waals surface area contributed by atoms with Crippen LogP contribution in [0, 0.1) is 5.92 Å². The highest BCUT2D eigenvalue weighted by atomic mass is 16.1. The average Bonchev–Trinajstić information content (AvgIpc) is 2.63. The third-order valence-electron chi connectivity index (χ3n) is 2.64. The summed E-state index contributed by atoms with van der Waals surface area (Å²) in [5.74, 6) is 0.885. The first-order valence-corrected chi connectivity index (χ1v) is 5.09. The van der Waals surface area contributed by atoms with Gasteiger partial charge in [-0.3, -0.25) is 4.79 Å². The number of carbonyl (C=O) groups is 1. The van der Waals surface area contributed by atoms with Crippen molar-refractivity contribution in [3.05, 3.63) is 42.0 Å². The van der Waals surface area contributed by atoms with Crippen LogP contribution in [-0.4, -0.2) is 5.78 Å². The van der Waals surface area contributed by atoms with E-state index < -0.39 is 0 Å². The highest BCUT2D eigenvalue weighted by molar-refractivity contribution is 5.81. The highest BCUT2D eigenvalue weighted by Crippen LogP contribution is 2.23. The molecule has 0 aromatic heterocycles. The van der Waals surface area contributed by atoms with E-state index in [1.165, 1.54) is 5.56 Å². The van der Waals surface area contributed by atoms with Crippen LogP contribution in [0.1, 0.15) is 24.8 Å². The Labute approximate surface area is 84.5 Å². The molecule has 2 rings (SSSR count). The first kappa shape index (κ1) is 9.20. The van der Waals surface area contributed by atoms with Crippen molar-refractivity contribution in [3.8, 4) is 0 Å². The lowest BCUT2D eigenvalue weighted by Crippen LogP contribution is -1.89. The summed E-state index contributed by atoms with van der Waals surface area (Å²) in [6.07, 6.45) is 6.82. The van der Waals surface area contributed by atoms with Crippen molar-refractivity contribution < 1.29 is 4.79 Å². The van der Waals surface area contributed by atoms with E-state index in [0.29, 0.717) is 11.7 Å². The molecule has 72 valence electrons. The van der Waals surface area contributed by atoms with Crippen LogP contribution in [0.25, 0.3) is 6.08 Å². The fourth-order valence-corrected chi connectivity index (χ4v) is 1.82. The van der Waals surface area contributed by atoms with E-state index in [1.807, 2.05) is 18.2 Å². The Kier molecular flexibility index (Phi) is 2.78. The van der Waals surface area contributed by atoms with E-state index in [9.17, 15) is 4.79 Å². The van der Waals surface area contributed by atoms with Crippen molar-refractivity contribution in [2.75, 3.05) is 0 Å². The first-order valence-electron chi connectivity index (χ1n) is 5.09. The molecule has 1 aliphatic rings. The molecule has 0 radical (unpaired) electrons. The maximum atomic E-state index is 11.0. The van der Waals surface area contributed by atoms with Crippen molar-refractivity contribution in [3.63, 3.8) is 0 Å². The standard InChI is InChI=1S/C13H14O/c14-13-9-8-12(10-13)7-6-11-4-2-1-3-5-11/h1-7,12H,8-10H2/b7-6+/t12-/m1/s1. The molecule has 0 N–H and O–H groups in total. The minimum absolute atomic E-state index is 0.410. The number of hydrogen-bond acceptors (Lipinski definition) is 1. The molecule has 0 spiro atoms. The molecular formula is C13H14O. The van der Waals surface area contributed by atoms with Gasteiger partial charge in [0.2, 0.25) is 0 Å². The molecule has 1 aromatic carbocycles. The van der Waals surface area contributed by atoms with Crippen molar-refractivity contribution in [1.29, 1.82) is 0 Å². The Morgan fingerprint density at radius 3 is 2.64 bits per heavy atom. The van der Waals surface area contributed by atoms with Crippen molar-refractivity contribution in [2.24, 2.45) is 5.92 Å². The second-order valence-electron chi connectivity index (χ2n) is 3.81. The summed E-state index contributed by atoms with van der Waals surface area (Å²) in [6.45, 7) is 0. The normalized spacial score (nSPS) is 22.0. The van der Waals surface area contributed by atoms with Crippen molar-refractivity contribution >= 4 is 11.9 Å². The number of benzene rings is 1. The maximum absolute atomic E-state index is 11.0. The number of hydrogen-bond donors (Lipinski definition) is 0. The zero-order chi connectivity index (χ0) is 9.80. The number of allylic oxidation sites excluding steroid dienone is 1. The SMILES string of the molecule is O=C1CC[C@@H](/C=C/c2ccccc2)C1. The van der Waals surface area contributed by atoms with Gasteiger partial charge >= 0.3 is 0 Å². The molecule has 1 heteroatoms. The van der Waals surface area contributed by atoms with Gasteiger partial charge in [0.05, 0.1) is 0 Å². The molecule has 0 heterocycles. The number of rotatable bonds is 2. The summed E-state index contributed by atoms with van der Waals surface area (Å²) in [5, 5.41) is 0. The lowest BCUT2D eigenvalue weighted by molar-refractivity contribution is -0.117. The highest BCUT2D eigenvalue weighted by Gasteiger charge is 2.18. The van der Waals surface area contributed by atoms with Gasteiger partial charge in [0.15, 0.2) is 0 Å². The third kappa shape index (κ3) is 2.32. The lowest BCUT2D eigenvalue weighted by atomic mass is 10.1. The van der Waals surface area contributed by atoms with Crippen molar-refractivity contribution in [2.45, 2.75) is 19.3 Å². The van der Waals surface area contributed by atoms with E-state index in [1.54, 1.807) is 0 Å². The van der Waals surface area contributed by atoms with Gasteiger partial charge in [-0.1, -0.05) is 42.5 Å². The van der Waals surface area contributed by atoms with E-state index >= 15 is 0 Å². The van der Waals surface area contributed by atoms with Crippen LogP contribution in [0.5, 0.6) is 0 Å². The lowest BCUT2D eigenvalue weighted by Gasteiger charge is -1.98. The predicted octanol–water partition coefficient (Wildman–Crippen LogP) is 3.07. The molecule has 14 heavy (non-hydrogen) atoms. The monoisotopic (exact) mass is 186 g/mol. The van der Waals surface area contributed by atoms with Crippen LogP contribution in [0.3, 0.4) is 0 Å². The number of carbonyl (C=O) groups excluding carboxylic acids is 1. The van der Waals surface area contributed by atoms with Gasteiger partial charge in [-0.15, -0.1) is 0 Å². The fraction of sp³-hybridized carbons (Fsp3) is 0.308. The summed E-state index contributed by atoms with van der Waals surface area (Å²) >= 11 is 0. The van der Waals surface area contributed by atoms with Crippen LogP contribution in [0.15, 0.2) is 36.4 Å². The topological polar surface area (TPSA) is 17.1 Å². The third-order valence-corrected chi connectivity index (χ3v) is 2.64. The van der Waals surface area contributed by atoms with Gasteiger partial charge in [-0.05, 0) is 17.9 Å². The molecule has 1 atom stereocenters. The molecule has 1 aliphatic carbocycles. The van der Waals surface area contributed by atoms with E-state index in [2.05, 4.69) is 24.3 Å². The molecule has 0 saturated heterocycles. The van der Waals surface area contributed by atoms with Crippen LogP contribution in [0.2, 0.25) is 0 Å². The van der Waals surface area contributed by atoms with Crippen LogP contribution in [-0.2, 0) is 4.79 Å². The quantitative estimate of drug-likeness (QED) is 0.693. The molecule has 0 bridgehead atoms. The summed E-state index contributed by atoms with van der Waals surface area (Å²) in [5.41, 5.74) is 1.21. The van der Waals surface area contributed by atoms with E-state index in [-0.39, 0.29) is 0 Å². The van der Waals surface area contributed by atoms with E-state index in [0.717, 1.165) is 19.3 Å². The first-order chi connectivity index (χ1) is 6.84. The predicted molar refractivity (Wildman–Crippen MR) is 57.8 cm³/mol. The van der Waals surface area contributed by atoms with Crippen LogP contribution >= 0.6 is 0 Å². The minimum Gasteiger partial charge on any atom is -0.300 e. The summed E-state index contributed by atoms with van der Waals surface area (Å²) in [6, 6.07) is 10.2. The van der Waals surface area contributed by atoms with Crippen LogP contribution < -0.4 is 0 Å². The fourth-order valence-electron chi connectivity index (χ4n) is 1.82. The molecule has 1 saturated carbocycles. The van der Waals surface area contributed by atoms with Gasteiger partial charge in [0.25, 0.3) is 0 Å². The largest absolute Gasteiger partial charge is 0.300 e. The molecule has 0 unspecified atom stereocenters. The summed E-state index contributed by atoms with van der Waals surface area (Å²) in [7, 11) is 0. The Hall–Kier alpha value is -1.37. The van der Waals surface area contributed by atoms with Gasteiger partial charge in [-0.2, -0.15) is 0 Å². The molecule has 0 amide bonds. The Morgan fingerprint density at radius 1 is 1.21 bits per heavy atom. The summed E-state index contributed by atoms with van der Waals surface area (Å²) in [4.78, 5) is 11.0. The molecular weight excluding hydrogens is 172 g/mol. The van der Waals surface area contributed by atoms with Gasteiger partial charge in [0.1, 0.15) is 5.78 Å². The Bertz CT molecular complexity index is 338. The minimum atomic E-state index is 0.410. The second-order valence-corrected chi connectivity index (χ2v) is 3.81. The molecule has 1 aromatic rings. The average molecular weight is 186 g/mol. The molecule has 0 aliphatic heterocycles. The Morgan fingerprint density at radius 2 is 2.00 bits per heavy atom. The number of ketones is 1. The molecule has 1 fully saturated rings. The Balaban J connectivity index is 1.97. The zero-order valence-electron chi connectivity index (χ0n) is 8.15. The smallest absolute Gasteiger partial charge is 0.133 e.